The number of rotatable bonds is 5. The SMILES string of the molecule is CCCc1nc(N)nc(C2(OCC)CCCC(C)C2)n1. The summed E-state index contributed by atoms with van der Waals surface area (Å²) in [4.78, 5) is 13.3. The third-order valence-electron chi connectivity index (χ3n) is 3.96. The summed E-state index contributed by atoms with van der Waals surface area (Å²) in [6.45, 7) is 7.07. The molecule has 5 heteroatoms. The quantitative estimate of drug-likeness (QED) is 0.896. The van der Waals surface area contributed by atoms with Gasteiger partial charge in [0.25, 0.3) is 0 Å². The van der Waals surface area contributed by atoms with Crippen LogP contribution < -0.4 is 5.73 Å². The van der Waals surface area contributed by atoms with Crippen molar-refractivity contribution in [3.8, 4) is 0 Å². The predicted octanol–water partition coefficient (Wildman–Crippen LogP) is 2.85. The van der Waals surface area contributed by atoms with Crippen LogP contribution in [0.5, 0.6) is 0 Å². The van der Waals surface area contributed by atoms with Crippen molar-refractivity contribution in [2.24, 2.45) is 5.92 Å². The molecule has 1 aliphatic rings. The van der Waals surface area contributed by atoms with Gasteiger partial charge in [-0.25, -0.2) is 4.98 Å². The second-order valence-corrected chi connectivity index (χ2v) is 5.81. The average Bonchev–Trinajstić information content (AvgIpc) is 2.39. The fourth-order valence-corrected chi connectivity index (χ4v) is 3.16. The van der Waals surface area contributed by atoms with E-state index in [9.17, 15) is 0 Å². The van der Waals surface area contributed by atoms with Crippen LogP contribution in [-0.4, -0.2) is 21.6 Å². The summed E-state index contributed by atoms with van der Waals surface area (Å²) in [7, 11) is 0. The van der Waals surface area contributed by atoms with Gasteiger partial charge in [-0.05, 0) is 38.5 Å². The number of anilines is 1. The van der Waals surface area contributed by atoms with E-state index in [1.165, 1.54) is 6.42 Å². The van der Waals surface area contributed by atoms with Gasteiger partial charge in [-0.3, -0.25) is 0 Å². The van der Waals surface area contributed by atoms with Crippen molar-refractivity contribution in [3.63, 3.8) is 0 Å². The molecule has 0 aromatic carbocycles. The number of ether oxygens (including phenoxy) is 1. The highest BCUT2D eigenvalue weighted by Gasteiger charge is 2.40. The van der Waals surface area contributed by atoms with Crippen molar-refractivity contribution in [1.82, 2.24) is 15.0 Å². The Bertz CT molecular complexity index is 447. The smallest absolute Gasteiger partial charge is 0.223 e. The van der Waals surface area contributed by atoms with Crippen LogP contribution in [-0.2, 0) is 16.8 Å². The zero-order chi connectivity index (χ0) is 14.6. The van der Waals surface area contributed by atoms with Gasteiger partial charge in [-0.1, -0.05) is 20.3 Å². The molecule has 1 aromatic heterocycles. The lowest BCUT2D eigenvalue weighted by Gasteiger charge is -2.38. The largest absolute Gasteiger partial charge is 0.368 e. The first-order chi connectivity index (χ1) is 9.59. The fraction of sp³-hybridized carbons (Fsp3) is 0.800. The van der Waals surface area contributed by atoms with Crippen molar-refractivity contribution in [2.75, 3.05) is 12.3 Å². The highest BCUT2D eigenvalue weighted by molar-refractivity contribution is 5.19. The minimum atomic E-state index is -0.369. The van der Waals surface area contributed by atoms with Crippen LogP contribution in [0.15, 0.2) is 0 Å². The van der Waals surface area contributed by atoms with Gasteiger partial charge < -0.3 is 10.5 Å². The van der Waals surface area contributed by atoms with Crippen molar-refractivity contribution >= 4 is 5.95 Å². The summed E-state index contributed by atoms with van der Waals surface area (Å²) in [5.74, 6) is 2.47. The van der Waals surface area contributed by atoms with Crippen LogP contribution >= 0.6 is 0 Å². The number of nitrogen functional groups attached to an aromatic ring is 1. The minimum Gasteiger partial charge on any atom is -0.368 e. The first kappa shape index (κ1) is 15.2. The van der Waals surface area contributed by atoms with E-state index in [2.05, 4.69) is 28.8 Å². The Hall–Kier alpha value is -1.23. The molecule has 1 fully saturated rings. The zero-order valence-corrected chi connectivity index (χ0v) is 12.9. The number of nitrogens with zero attached hydrogens (tertiary/aromatic N) is 3. The number of aryl methyl sites for hydroxylation is 1. The van der Waals surface area contributed by atoms with Gasteiger partial charge in [0.2, 0.25) is 5.95 Å². The molecule has 5 nitrogen and oxygen atoms in total. The van der Waals surface area contributed by atoms with E-state index in [4.69, 9.17) is 10.5 Å². The second-order valence-electron chi connectivity index (χ2n) is 5.81. The standard InChI is InChI=1S/C15H26N4O/c1-4-7-12-17-13(19-14(16)18-12)15(20-5-2)9-6-8-11(3)10-15/h11H,4-10H2,1-3H3,(H2,16,17,18,19). The van der Waals surface area contributed by atoms with Crippen LogP contribution in [0, 0.1) is 5.92 Å². The predicted molar refractivity (Wildman–Crippen MR) is 79.2 cm³/mol. The van der Waals surface area contributed by atoms with Crippen molar-refractivity contribution in [2.45, 2.75) is 64.9 Å². The third kappa shape index (κ3) is 3.26. The normalized spacial score (nSPS) is 26.6. The van der Waals surface area contributed by atoms with Gasteiger partial charge in [0.05, 0.1) is 0 Å². The first-order valence-corrected chi connectivity index (χ1v) is 7.74. The summed E-state index contributed by atoms with van der Waals surface area (Å²) < 4.78 is 6.11. The van der Waals surface area contributed by atoms with Crippen molar-refractivity contribution in [3.05, 3.63) is 11.6 Å². The van der Waals surface area contributed by atoms with E-state index in [1.807, 2.05) is 6.92 Å². The van der Waals surface area contributed by atoms with Crippen LogP contribution in [0.4, 0.5) is 5.95 Å². The Morgan fingerprint density at radius 1 is 1.30 bits per heavy atom. The molecule has 2 rings (SSSR count). The first-order valence-electron chi connectivity index (χ1n) is 7.74. The molecule has 1 aromatic rings. The summed E-state index contributed by atoms with van der Waals surface area (Å²) in [5.41, 5.74) is 5.50. The van der Waals surface area contributed by atoms with Crippen LogP contribution in [0.1, 0.15) is 64.5 Å². The molecule has 0 saturated heterocycles. The van der Waals surface area contributed by atoms with E-state index in [0.717, 1.165) is 43.8 Å². The molecule has 1 heterocycles. The van der Waals surface area contributed by atoms with Gasteiger partial charge >= 0.3 is 0 Å². The molecule has 0 radical (unpaired) electrons. The van der Waals surface area contributed by atoms with E-state index in [-0.39, 0.29) is 5.60 Å². The molecule has 2 N–H and O–H groups in total. The van der Waals surface area contributed by atoms with E-state index in [1.54, 1.807) is 0 Å². The fourth-order valence-electron chi connectivity index (χ4n) is 3.16. The monoisotopic (exact) mass is 278 g/mol. The minimum absolute atomic E-state index is 0.316. The molecule has 0 aliphatic heterocycles. The van der Waals surface area contributed by atoms with Gasteiger partial charge in [0, 0.05) is 13.0 Å². The second kappa shape index (κ2) is 6.48. The Morgan fingerprint density at radius 2 is 2.10 bits per heavy atom. The van der Waals surface area contributed by atoms with E-state index >= 15 is 0 Å². The molecule has 0 spiro atoms. The van der Waals surface area contributed by atoms with Crippen molar-refractivity contribution < 1.29 is 4.74 Å². The summed E-state index contributed by atoms with van der Waals surface area (Å²) in [6.07, 6.45) is 6.17. The number of nitrogens with two attached hydrogens (primary N) is 1. The van der Waals surface area contributed by atoms with E-state index in [0.29, 0.717) is 18.5 Å². The van der Waals surface area contributed by atoms with Gasteiger partial charge in [0.15, 0.2) is 5.82 Å². The summed E-state index contributed by atoms with van der Waals surface area (Å²) >= 11 is 0. The highest BCUT2D eigenvalue weighted by Crippen LogP contribution is 2.41. The van der Waals surface area contributed by atoms with Gasteiger partial charge in [0.1, 0.15) is 11.4 Å². The number of aromatic nitrogens is 3. The maximum Gasteiger partial charge on any atom is 0.223 e. The molecule has 1 aliphatic carbocycles. The molecule has 2 unspecified atom stereocenters. The Morgan fingerprint density at radius 3 is 2.75 bits per heavy atom. The van der Waals surface area contributed by atoms with E-state index < -0.39 is 0 Å². The molecule has 0 amide bonds. The number of hydrogen-bond acceptors (Lipinski definition) is 5. The average molecular weight is 278 g/mol. The maximum absolute atomic E-state index is 6.11. The molecule has 2 atom stereocenters. The number of hydrogen-bond donors (Lipinski definition) is 1. The van der Waals surface area contributed by atoms with Crippen LogP contribution in [0.3, 0.4) is 0 Å². The zero-order valence-electron chi connectivity index (χ0n) is 12.9. The van der Waals surface area contributed by atoms with Crippen LogP contribution in [0.2, 0.25) is 0 Å². The Balaban J connectivity index is 2.37. The van der Waals surface area contributed by atoms with Gasteiger partial charge in [-0.15, -0.1) is 0 Å². The highest BCUT2D eigenvalue weighted by atomic mass is 16.5. The summed E-state index contributed by atoms with van der Waals surface area (Å²) in [5, 5.41) is 0. The third-order valence-corrected chi connectivity index (χ3v) is 3.96. The van der Waals surface area contributed by atoms with Gasteiger partial charge in [-0.2, -0.15) is 9.97 Å². The van der Waals surface area contributed by atoms with Crippen LogP contribution in [0.25, 0.3) is 0 Å². The molecule has 20 heavy (non-hydrogen) atoms. The topological polar surface area (TPSA) is 73.9 Å². The Kier molecular flexibility index (Phi) is 4.91. The summed E-state index contributed by atoms with van der Waals surface area (Å²) in [6, 6.07) is 0. The Labute approximate surface area is 121 Å². The van der Waals surface area contributed by atoms with Crippen molar-refractivity contribution in [1.29, 1.82) is 0 Å². The molecular formula is C15H26N4O. The molecule has 112 valence electrons. The maximum atomic E-state index is 6.11. The molecular weight excluding hydrogens is 252 g/mol. The molecule has 1 saturated carbocycles. The lowest BCUT2D eigenvalue weighted by Crippen LogP contribution is -2.37. The lowest BCUT2D eigenvalue weighted by atomic mass is 9.78. The molecule has 0 bridgehead atoms. The lowest BCUT2D eigenvalue weighted by molar-refractivity contribution is -0.0882.